The summed E-state index contributed by atoms with van der Waals surface area (Å²) in [5, 5.41) is 11.5. The molecule has 0 bridgehead atoms. The van der Waals surface area contributed by atoms with Gasteiger partial charge >= 0.3 is 0 Å². The minimum absolute atomic E-state index is 0.0102. The average Bonchev–Trinajstić information content (AvgIpc) is 3.33. The van der Waals surface area contributed by atoms with E-state index in [0.29, 0.717) is 33.6 Å². The molecule has 1 heterocycles. The lowest BCUT2D eigenvalue weighted by Gasteiger charge is -2.23. The van der Waals surface area contributed by atoms with Crippen LogP contribution in [-0.2, 0) is 24.8 Å². The molecule has 1 aromatic heterocycles. The highest BCUT2D eigenvalue weighted by Gasteiger charge is 2.24. The van der Waals surface area contributed by atoms with Crippen molar-refractivity contribution in [2.24, 2.45) is 4.99 Å². The van der Waals surface area contributed by atoms with E-state index in [1.807, 2.05) is 18.2 Å². The lowest BCUT2D eigenvalue weighted by atomic mass is 10.0. The standard InChI is InChI=1S/C32H31N5O6S2/c1-36(2)29(38)21-37(44(3,40)41)25-16-14-23(15-17-25)33-31(22-10-6-4-7-11-22)30-27-20-26(18-19-28(27)34-32(30)39)45(42,43)35-24-12-8-5-9-13-24/h4-20,34-35,39H,21H2,1-3H3. The number of rotatable bonds is 10. The van der Waals surface area contributed by atoms with Crippen LogP contribution in [0.4, 0.5) is 17.1 Å². The van der Waals surface area contributed by atoms with Gasteiger partial charge in [-0.1, -0.05) is 48.5 Å². The van der Waals surface area contributed by atoms with E-state index >= 15 is 0 Å². The number of aliphatic imine (C=N–C) groups is 1. The predicted molar refractivity (Wildman–Crippen MR) is 176 cm³/mol. The van der Waals surface area contributed by atoms with Gasteiger partial charge in [-0.15, -0.1) is 0 Å². The van der Waals surface area contributed by atoms with Crippen LogP contribution in [0.5, 0.6) is 5.88 Å². The first-order valence-electron chi connectivity index (χ1n) is 13.7. The van der Waals surface area contributed by atoms with Crippen LogP contribution in [-0.4, -0.2) is 70.3 Å². The Morgan fingerprint density at radius 2 is 1.49 bits per heavy atom. The van der Waals surface area contributed by atoms with Gasteiger partial charge in [0, 0.05) is 36.2 Å². The second-order valence-electron chi connectivity index (χ2n) is 10.4. The smallest absolute Gasteiger partial charge is 0.261 e. The summed E-state index contributed by atoms with van der Waals surface area (Å²) < 4.78 is 55.1. The molecule has 0 saturated heterocycles. The van der Waals surface area contributed by atoms with Gasteiger partial charge in [0.1, 0.15) is 6.54 Å². The van der Waals surface area contributed by atoms with Gasteiger partial charge in [-0.05, 0) is 54.6 Å². The number of nitrogens with zero attached hydrogens (tertiary/aromatic N) is 3. The fraction of sp³-hybridized carbons (Fsp3) is 0.125. The molecule has 1 amide bonds. The molecule has 4 aromatic carbocycles. The van der Waals surface area contributed by atoms with Gasteiger partial charge in [0.15, 0.2) is 5.88 Å². The SMILES string of the molecule is CN(C)C(=O)CN(c1ccc(N=C(c2ccccc2)c2c(O)[nH]c3ccc(S(=O)(=O)Nc4ccccc4)cc23)cc1)S(C)(=O)=O. The molecule has 0 aliphatic carbocycles. The Morgan fingerprint density at radius 1 is 0.867 bits per heavy atom. The molecule has 0 atom stereocenters. The fourth-order valence-corrected chi connectivity index (χ4v) is 6.57. The largest absolute Gasteiger partial charge is 0.494 e. The van der Waals surface area contributed by atoms with E-state index in [0.717, 1.165) is 10.6 Å². The lowest BCUT2D eigenvalue weighted by Crippen LogP contribution is -2.39. The quantitative estimate of drug-likeness (QED) is 0.187. The first-order chi connectivity index (χ1) is 21.3. The summed E-state index contributed by atoms with van der Waals surface area (Å²) in [4.78, 5) is 21.4. The summed E-state index contributed by atoms with van der Waals surface area (Å²) in [6.45, 7) is -0.364. The maximum atomic E-state index is 13.3. The third-order valence-corrected chi connectivity index (χ3v) is 9.45. The van der Waals surface area contributed by atoms with Crippen LogP contribution in [0.3, 0.4) is 0 Å². The molecule has 0 saturated carbocycles. The van der Waals surface area contributed by atoms with E-state index in [1.165, 1.54) is 17.0 Å². The number of H-pyrrole nitrogens is 1. The highest BCUT2D eigenvalue weighted by atomic mass is 32.2. The lowest BCUT2D eigenvalue weighted by molar-refractivity contribution is -0.127. The normalized spacial score (nSPS) is 12.2. The molecule has 3 N–H and O–H groups in total. The summed E-state index contributed by atoms with van der Waals surface area (Å²) in [7, 11) is -4.64. The Hall–Kier alpha value is -5.14. The van der Waals surface area contributed by atoms with Crippen LogP contribution in [0.25, 0.3) is 10.9 Å². The van der Waals surface area contributed by atoms with Gasteiger partial charge in [-0.3, -0.25) is 13.8 Å². The van der Waals surface area contributed by atoms with Gasteiger partial charge < -0.3 is 15.0 Å². The van der Waals surface area contributed by atoms with E-state index in [4.69, 9.17) is 4.99 Å². The van der Waals surface area contributed by atoms with Gasteiger partial charge in [0.2, 0.25) is 15.9 Å². The second kappa shape index (κ2) is 12.5. The number of amides is 1. The van der Waals surface area contributed by atoms with E-state index in [1.54, 1.807) is 86.9 Å². The van der Waals surface area contributed by atoms with E-state index < -0.39 is 20.0 Å². The Balaban J connectivity index is 1.60. The van der Waals surface area contributed by atoms with Crippen molar-refractivity contribution in [1.82, 2.24) is 9.88 Å². The first kappa shape index (κ1) is 31.3. The number of carbonyl (C=O) groups excluding carboxylic acids is 1. The summed E-state index contributed by atoms with van der Waals surface area (Å²) in [5.74, 6) is -0.593. The molecule has 11 nitrogen and oxygen atoms in total. The number of aromatic hydroxyl groups is 1. The number of anilines is 2. The number of aromatic nitrogens is 1. The van der Waals surface area contributed by atoms with Gasteiger partial charge in [0.25, 0.3) is 10.0 Å². The highest BCUT2D eigenvalue weighted by molar-refractivity contribution is 7.92. The second-order valence-corrected chi connectivity index (χ2v) is 14.0. The van der Waals surface area contributed by atoms with Gasteiger partial charge in [-0.25, -0.2) is 21.8 Å². The molecule has 232 valence electrons. The first-order valence-corrected chi connectivity index (χ1v) is 17.0. The van der Waals surface area contributed by atoms with Crippen molar-refractivity contribution in [2.45, 2.75) is 4.90 Å². The maximum Gasteiger partial charge on any atom is 0.261 e. The van der Waals surface area contributed by atoms with Crippen LogP contribution in [0, 0.1) is 0 Å². The van der Waals surface area contributed by atoms with Crippen LogP contribution >= 0.6 is 0 Å². The number of nitrogens with one attached hydrogen (secondary N) is 2. The molecule has 5 aromatic rings. The summed E-state index contributed by atoms with van der Waals surface area (Å²) in [6, 6.07) is 28.4. The number of sulfonamides is 2. The van der Waals surface area contributed by atoms with Gasteiger partial charge in [0.05, 0.1) is 33.8 Å². The Kier molecular flexibility index (Phi) is 8.66. The summed E-state index contributed by atoms with van der Waals surface area (Å²) >= 11 is 0. The van der Waals surface area contributed by atoms with Gasteiger partial charge in [-0.2, -0.15) is 0 Å². The fourth-order valence-electron chi connectivity index (χ4n) is 4.63. The molecular formula is C32H31N5O6S2. The van der Waals surface area contributed by atoms with Crippen molar-refractivity contribution in [3.63, 3.8) is 0 Å². The summed E-state index contributed by atoms with van der Waals surface area (Å²) in [6.07, 6.45) is 1.03. The Bertz CT molecular complexity index is 2090. The Labute approximate surface area is 261 Å². The minimum atomic E-state index is -3.97. The zero-order chi connectivity index (χ0) is 32.4. The number of hydrogen-bond acceptors (Lipinski definition) is 7. The van der Waals surface area contributed by atoms with Crippen molar-refractivity contribution < 1.29 is 26.7 Å². The molecule has 0 aliphatic heterocycles. The topological polar surface area (TPSA) is 152 Å². The number of carbonyl (C=O) groups is 1. The number of benzene rings is 4. The van der Waals surface area contributed by atoms with E-state index in [-0.39, 0.29) is 34.5 Å². The maximum absolute atomic E-state index is 13.3. The van der Waals surface area contributed by atoms with Crippen molar-refractivity contribution in [3.05, 3.63) is 114 Å². The van der Waals surface area contributed by atoms with E-state index in [9.17, 15) is 26.7 Å². The van der Waals surface area contributed by atoms with Crippen LogP contribution < -0.4 is 9.03 Å². The molecule has 45 heavy (non-hydrogen) atoms. The number of para-hydroxylation sites is 1. The number of aromatic amines is 1. The zero-order valence-electron chi connectivity index (χ0n) is 24.7. The van der Waals surface area contributed by atoms with Crippen LogP contribution in [0.15, 0.2) is 113 Å². The molecule has 0 aliphatic rings. The van der Waals surface area contributed by atoms with Crippen molar-refractivity contribution in [2.75, 3.05) is 35.9 Å². The predicted octanol–water partition coefficient (Wildman–Crippen LogP) is 4.70. The van der Waals surface area contributed by atoms with Crippen LogP contribution in [0.2, 0.25) is 0 Å². The highest BCUT2D eigenvalue weighted by Crippen LogP contribution is 2.34. The molecule has 0 spiro atoms. The van der Waals surface area contributed by atoms with Crippen molar-refractivity contribution in [3.8, 4) is 5.88 Å². The van der Waals surface area contributed by atoms with Crippen LogP contribution in [0.1, 0.15) is 11.1 Å². The summed E-state index contributed by atoms with van der Waals surface area (Å²) in [5.41, 5.74) is 2.88. The molecule has 0 fully saturated rings. The number of fused-ring (bicyclic) bond motifs is 1. The molecule has 0 unspecified atom stereocenters. The average molecular weight is 646 g/mol. The molecule has 5 rings (SSSR count). The molecular weight excluding hydrogens is 615 g/mol. The number of hydrogen-bond donors (Lipinski definition) is 3. The molecule has 13 heteroatoms. The number of likely N-dealkylation sites (N-methyl/N-ethyl adjacent to an activating group) is 1. The minimum Gasteiger partial charge on any atom is -0.494 e. The van der Waals surface area contributed by atoms with E-state index in [2.05, 4.69) is 9.71 Å². The van der Waals surface area contributed by atoms with Crippen molar-refractivity contribution >= 4 is 59.6 Å². The third kappa shape index (κ3) is 7.00. The molecule has 0 radical (unpaired) electrons. The zero-order valence-corrected chi connectivity index (χ0v) is 26.3. The third-order valence-electron chi connectivity index (χ3n) is 6.93. The monoisotopic (exact) mass is 645 g/mol. The Morgan fingerprint density at radius 3 is 2.09 bits per heavy atom. The van der Waals surface area contributed by atoms with Crippen molar-refractivity contribution in [1.29, 1.82) is 0 Å².